The smallest absolute Gasteiger partial charge is 0.330 e. The molecule has 1 heterocycles. The van der Waals surface area contributed by atoms with Crippen molar-refractivity contribution < 1.29 is 24.2 Å². The lowest BCUT2D eigenvalue weighted by atomic mass is 10.2. The highest BCUT2D eigenvalue weighted by Gasteiger charge is 2.23. The molecular weight excluding hydrogens is 240 g/mol. The normalized spacial score (nSPS) is 11.5. The van der Waals surface area contributed by atoms with Gasteiger partial charge in [-0.25, -0.2) is 9.78 Å². The summed E-state index contributed by atoms with van der Waals surface area (Å²) in [5.41, 5.74) is 0.0300. The molecule has 1 aromatic rings. The molecule has 7 nitrogen and oxygen atoms in total. The van der Waals surface area contributed by atoms with Gasteiger partial charge in [0.05, 0.1) is 20.8 Å². The van der Waals surface area contributed by atoms with Crippen LogP contribution in [-0.4, -0.2) is 48.8 Å². The van der Waals surface area contributed by atoms with E-state index in [0.29, 0.717) is 0 Å². The second kappa shape index (κ2) is 6.55. The zero-order chi connectivity index (χ0) is 13.5. The third-order valence-electron chi connectivity index (χ3n) is 2.18. The topological polar surface area (TPSA) is 97.8 Å². The van der Waals surface area contributed by atoms with Gasteiger partial charge in [0.25, 0.3) is 5.91 Å². The van der Waals surface area contributed by atoms with Crippen LogP contribution in [0.15, 0.2) is 18.3 Å². The van der Waals surface area contributed by atoms with Gasteiger partial charge < -0.3 is 19.9 Å². The molecule has 18 heavy (non-hydrogen) atoms. The van der Waals surface area contributed by atoms with Crippen LogP contribution in [0.1, 0.15) is 10.5 Å². The molecule has 1 amide bonds. The van der Waals surface area contributed by atoms with Crippen molar-refractivity contribution >= 4 is 11.9 Å². The van der Waals surface area contributed by atoms with Gasteiger partial charge in [0.15, 0.2) is 11.7 Å². The molecule has 0 aliphatic heterocycles. The Labute approximate surface area is 104 Å². The fraction of sp³-hybridized carbons (Fsp3) is 0.364. The zero-order valence-corrected chi connectivity index (χ0v) is 10.0. The zero-order valence-electron chi connectivity index (χ0n) is 10.0. The molecule has 98 valence electrons. The third kappa shape index (κ3) is 3.17. The van der Waals surface area contributed by atoms with Gasteiger partial charge in [0.2, 0.25) is 0 Å². The van der Waals surface area contributed by atoms with E-state index in [-0.39, 0.29) is 11.4 Å². The maximum atomic E-state index is 11.8. The molecule has 0 saturated carbocycles. The number of methoxy groups -OCH3 is 2. The molecule has 0 unspecified atom stereocenters. The lowest BCUT2D eigenvalue weighted by Crippen LogP contribution is -2.44. The molecule has 0 fully saturated rings. The summed E-state index contributed by atoms with van der Waals surface area (Å²) in [5.74, 6) is -1.09. The number of esters is 1. The predicted octanol–water partition coefficient (Wildman–Crippen LogP) is -0.646. The molecule has 0 aromatic carbocycles. The lowest BCUT2D eigenvalue weighted by Gasteiger charge is -2.14. The van der Waals surface area contributed by atoms with E-state index in [0.717, 1.165) is 0 Å². The quantitative estimate of drug-likeness (QED) is 0.678. The number of nitrogens with one attached hydrogen (secondary N) is 1. The van der Waals surface area contributed by atoms with E-state index in [1.165, 1.54) is 20.4 Å². The number of amides is 1. The fourth-order valence-corrected chi connectivity index (χ4v) is 1.27. The van der Waals surface area contributed by atoms with Gasteiger partial charge in [-0.1, -0.05) is 0 Å². The highest BCUT2D eigenvalue weighted by atomic mass is 16.5. The third-order valence-corrected chi connectivity index (χ3v) is 2.18. The van der Waals surface area contributed by atoms with Crippen molar-refractivity contribution in [3.8, 4) is 5.75 Å². The number of hydrogen-bond acceptors (Lipinski definition) is 6. The Balaban J connectivity index is 2.84. The number of rotatable bonds is 5. The molecule has 2 N–H and O–H groups in total. The van der Waals surface area contributed by atoms with Crippen molar-refractivity contribution in [3.63, 3.8) is 0 Å². The van der Waals surface area contributed by atoms with Crippen molar-refractivity contribution in [1.29, 1.82) is 0 Å². The average Bonchev–Trinajstić information content (AvgIpc) is 2.43. The fourth-order valence-electron chi connectivity index (χ4n) is 1.27. The van der Waals surface area contributed by atoms with Crippen molar-refractivity contribution in [3.05, 3.63) is 24.0 Å². The molecule has 7 heteroatoms. The van der Waals surface area contributed by atoms with Gasteiger partial charge in [-0.05, 0) is 12.1 Å². The number of carbonyl (C=O) groups is 2. The van der Waals surface area contributed by atoms with Crippen LogP contribution in [0.25, 0.3) is 0 Å². The Bertz CT molecular complexity index is 435. The summed E-state index contributed by atoms with van der Waals surface area (Å²) in [6, 6.07) is 2.04. The van der Waals surface area contributed by atoms with E-state index in [1.54, 1.807) is 12.1 Å². The minimum absolute atomic E-state index is 0.0300. The van der Waals surface area contributed by atoms with Crippen LogP contribution in [0.4, 0.5) is 0 Å². The second-order valence-corrected chi connectivity index (χ2v) is 3.29. The summed E-state index contributed by atoms with van der Waals surface area (Å²) in [6.45, 7) is -0.562. The first kappa shape index (κ1) is 13.9. The van der Waals surface area contributed by atoms with Gasteiger partial charge in [0.1, 0.15) is 5.75 Å². The standard InChI is InChI=1S/C11H14N2O5/c1-17-8-4-3-5-12-9(8)10(15)13-7(6-14)11(16)18-2/h3-5,7,14H,6H2,1-2H3,(H,13,15)/t7-/m0/s1. The molecule has 1 rings (SSSR count). The van der Waals surface area contributed by atoms with Crippen molar-refractivity contribution in [1.82, 2.24) is 10.3 Å². The van der Waals surface area contributed by atoms with Gasteiger partial charge in [0, 0.05) is 6.20 Å². The van der Waals surface area contributed by atoms with Crippen molar-refractivity contribution in [2.24, 2.45) is 0 Å². The van der Waals surface area contributed by atoms with E-state index >= 15 is 0 Å². The van der Waals surface area contributed by atoms with E-state index in [9.17, 15) is 9.59 Å². The second-order valence-electron chi connectivity index (χ2n) is 3.29. The molecule has 0 aliphatic rings. The maximum Gasteiger partial charge on any atom is 0.330 e. The lowest BCUT2D eigenvalue weighted by molar-refractivity contribution is -0.143. The van der Waals surface area contributed by atoms with E-state index in [4.69, 9.17) is 9.84 Å². The van der Waals surface area contributed by atoms with E-state index in [2.05, 4.69) is 15.0 Å². The van der Waals surface area contributed by atoms with Crippen molar-refractivity contribution in [2.75, 3.05) is 20.8 Å². The van der Waals surface area contributed by atoms with Crippen LogP contribution in [0.3, 0.4) is 0 Å². The molecule has 0 aliphatic carbocycles. The molecule has 0 saturated heterocycles. The summed E-state index contributed by atoms with van der Waals surface area (Å²) in [5, 5.41) is 11.3. The summed E-state index contributed by atoms with van der Waals surface area (Å²) in [4.78, 5) is 26.9. The monoisotopic (exact) mass is 254 g/mol. The Morgan fingerprint density at radius 3 is 2.78 bits per heavy atom. The van der Waals surface area contributed by atoms with Gasteiger partial charge in [-0.2, -0.15) is 0 Å². The van der Waals surface area contributed by atoms with Gasteiger partial charge in [-0.15, -0.1) is 0 Å². The highest BCUT2D eigenvalue weighted by Crippen LogP contribution is 2.14. The largest absolute Gasteiger partial charge is 0.494 e. The number of aromatic nitrogens is 1. The van der Waals surface area contributed by atoms with Crippen LogP contribution in [0.5, 0.6) is 5.75 Å². The first-order valence-corrected chi connectivity index (χ1v) is 5.12. The van der Waals surface area contributed by atoms with Gasteiger partial charge >= 0.3 is 5.97 Å². The number of aliphatic hydroxyl groups is 1. The van der Waals surface area contributed by atoms with Crippen LogP contribution in [0, 0.1) is 0 Å². The van der Waals surface area contributed by atoms with Gasteiger partial charge in [-0.3, -0.25) is 4.79 Å². The molecular formula is C11H14N2O5. The number of ether oxygens (including phenoxy) is 2. The Morgan fingerprint density at radius 2 is 2.22 bits per heavy atom. The summed E-state index contributed by atoms with van der Waals surface area (Å²) >= 11 is 0. The minimum Gasteiger partial charge on any atom is -0.494 e. The molecule has 0 bridgehead atoms. The number of aliphatic hydroxyl groups excluding tert-OH is 1. The predicted molar refractivity (Wildman–Crippen MR) is 61.1 cm³/mol. The van der Waals surface area contributed by atoms with Crippen LogP contribution in [-0.2, 0) is 9.53 Å². The summed E-state index contributed by atoms with van der Waals surface area (Å²) < 4.78 is 9.40. The first-order chi connectivity index (χ1) is 8.63. The Kier molecular flexibility index (Phi) is 5.06. The number of pyridine rings is 1. The van der Waals surface area contributed by atoms with Crippen LogP contribution < -0.4 is 10.1 Å². The Morgan fingerprint density at radius 1 is 1.50 bits per heavy atom. The maximum absolute atomic E-state index is 11.8. The molecule has 1 atom stereocenters. The van der Waals surface area contributed by atoms with Crippen LogP contribution in [0.2, 0.25) is 0 Å². The Hall–Kier alpha value is -2.15. The minimum atomic E-state index is -1.13. The number of nitrogens with zero attached hydrogens (tertiary/aromatic N) is 1. The van der Waals surface area contributed by atoms with Crippen LogP contribution >= 0.6 is 0 Å². The van der Waals surface area contributed by atoms with E-state index in [1.807, 2.05) is 0 Å². The summed E-state index contributed by atoms with van der Waals surface area (Å²) in [6.07, 6.45) is 1.42. The number of carbonyl (C=O) groups excluding carboxylic acids is 2. The number of hydrogen-bond donors (Lipinski definition) is 2. The average molecular weight is 254 g/mol. The molecule has 0 spiro atoms. The molecule has 1 aromatic heterocycles. The highest BCUT2D eigenvalue weighted by molar-refractivity contribution is 5.97. The first-order valence-electron chi connectivity index (χ1n) is 5.12. The SMILES string of the molecule is COC(=O)[C@H](CO)NC(=O)c1ncccc1OC. The summed E-state index contributed by atoms with van der Waals surface area (Å²) in [7, 11) is 2.57. The van der Waals surface area contributed by atoms with E-state index < -0.39 is 24.5 Å². The molecule has 0 radical (unpaired) electrons. The van der Waals surface area contributed by atoms with Crippen molar-refractivity contribution in [2.45, 2.75) is 6.04 Å².